The number of nitrogens with zero attached hydrogens (tertiary/aromatic N) is 1. The first-order valence-electron chi connectivity index (χ1n) is 11.7. The van der Waals surface area contributed by atoms with Crippen LogP contribution < -0.4 is 10.7 Å². The van der Waals surface area contributed by atoms with Crippen LogP contribution in [0.5, 0.6) is 0 Å². The highest BCUT2D eigenvalue weighted by atomic mass is 16.3. The van der Waals surface area contributed by atoms with Crippen molar-refractivity contribution in [3.63, 3.8) is 0 Å². The largest absolute Gasteiger partial charge is 0.455 e. The van der Waals surface area contributed by atoms with Gasteiger partial charge in [-0.25, -0.2) is 0 Å². The number of fused-ring (bicyclic) bond motifs is 3. The van der Waals surface area contributed by atoms with Gasteiger partial charge in [0.1, 0.15) is 11.2 Å². The second-order valence-electron chi connectivity index (χ2n) is 9.13. The van der Waals surface area contributed by atoms with Gasteiger partial charge in [0.05, 0.1) is 10.8 Å². The van der Waals surface area contributed by atoms with Crippen molar-refractivity contribution >= 4 is 27.6 Å². The fraction of sp³-hybridized carbons (Fsp3) is 0.500. The van der Waals surface area contributed by atoms with Crippen LogP contribution in [0.15, 0.2) is 45.6 Å². The minimum Gasteiger partial charge on any atom is -0.455 e. The first-order chi connectivity index (χ1) is 14.7. The van der Waals surface area contributed by atoms with Gasteiger partial charge >= 0.3 is 0 Å². The summed E-state index contributed by atoms with van der Waals surface area (Å²) in [5.41, 5.74) is 3.32. The molecule has 0 aliphatic carbocycles. The van der Waals surface area contributed by atoms with Crippen LogP contribution in [0.25, 0.3) is 21.9 Å². The van der Waals surface area contributed by atoms with Gasteiger partial charge in [-0.15, -0.1) is 0 Å². The van der Waals surface area contributed by atoms with Crippen molar-refractivity contribution in [1.29, 1.82) is 0 Å². The zero-order valence-electron chi connectivity index (χ0n) is 18.0. The van der Waals surface area contributed by atoms with Crippen molar-refractivity contribution in [3.8, 4) is 0 Å². The van der Waals surface area contributed by atoms with Gasteiger partial charge in [0.2, 0.25) is 5.43 Å². The second kappa shape index (κ2) is 8.43. The maximum Gasteiger partial charge on any atom is 0.202 e. The van der Waals surface area contributed by atoms with E-state index in [1.165, 1.54) is 51.6 Å². The molecule has 158 valence electrons. The average Bonchev–Trinajstić information content (AvgIpc) is 2.78. The molecule has 2 fully saturated rings. The molecule has 2 atom stereocenters. The molecule has 0 amide bonds. The summed E-state index contributed by atoms with van der Waals surface area (Å²) >= 11 is 0. The van der Waals surface area contributed by atoms with Crippen molar-refractivity contribution < 1.29 is 4.42 Å². The lowest BCUT2D eigenvalue weighted by Crippen LogP contribution is -2.47. The molecule has 30 heavy (non-hydrogen) atoms. The summed E-state index contributed by atoms with van der Waals surface area (Å²) in [6, 6.07) is 12.4. The Kier molecular flexibility index (Phi) is 5.51. The van der Waals surface area contributed by atoms with Crippen LogP contribution in [-0.2, 0) is 0 Å². The number of benzene rings is 2. The average molecular weight is 405 g/mol. The first-order valence-corrected chi connectivity index (χ1v) is 11.7. The van der Waals surface area contributed by atoms with Crippen molar-refractivity contribution in [2.45, 2.75) is 57.9 Å². The lowest BCUT2D eigenvalue weighted by atomic mass is 9.81. The van der Waals surface area contributed by atoms with Gasteiger partial charge in [-0.1, -0.05) is 24.6 Å². The Balaban J connectivity index is 1.32. The molecule has 3 aromatic rings. The number of piperidine rings is 2. The predicted molar refractivity (Wildman–Crippen MR) is 124 cm³/mol. The molecule has 2 aromatic carbocycles. The van der Waals surface area contributed by atoms with E-state index < -0.39 is 0 Å². The highest BCUT2D eigenvalue weighted by molar-refractivity contribution is 5.98. The molecule has 0 saturated carbocycles. The van der Waals surface area contributed by atoms with Crippen LogP contribution in [0, 0.1) is 12.8 Å². The van der Waals surface area contributed by atoms with Crippen molar-refractivity contribution in [2.75, 3.05) is 25.0 Å². The highest BCUT2D eigenvalue weighted by Crippen LogP contribution is 2.33. The number of aryl methyl sites for hydroxylation is 1. The molecule has 3 heterocycles. The maximum atomic E-state index is 13.2. The molecule has 0 bridgehead atoms. The molecule has 2 aliphatic heterocycles. The van der Waals surface area contributed by atoms with E-state index in [0.717, 1.165) is 36.2 Å². The standard InChI is InChI=1S/C26H32N2O2/c1-18-13-14-21(24-25(29)20-10-2-3-12-23(20)30-26(18)24)27-15-6-8-19-9-7-17-28-16-5-4-11-22(19)28/h2-3,10,12-14,19,22,27H,4-9,11,15-17H2,1H3/t19-,22-/m1/s1. The third kappa shape index (κ3) is 3.62. The van der Waals surface area contributed by atoms with Crippen LogP contribution in [0.3, 0.4) is 0 Å². The van der Waals surface area contributed by atoms with E-state index in [1.807, 2.05) is 43.3 Å². The summed E-state index contributed by atoms with van der Waals surface area (Å²) in [4.78, 5) is 15.9. The van der Waals surface area contributed by atoms with E-state index in [2.05, 4.69) is 10.2 Å². The first kappa shape index (κ1) is 19.6. The van der Waals surface area contributed by atoms with Crippen LogP contribution in [0.1, 0.15) is 50.5 Å². The lowest BCUT2D eigenvalue weighted by molar-refractivity contribution is 0.0553. The Labute approximate surface area is 178 Å². The molecular formula is C26H32N2O2. The molecule has 0 radical (unpaired) electrons. The molecule has 4 nitrogen and oxygen atoms in total. The van der Waals surface area contributed by atoms with Gasteiger partial charge in [-0.3, -0.25) is 4.79 Å². The molecule has 2 aliphatic rings. The van der Waals surface area contributed by atoms with E-state index >= 15 is 0 Å². The second-order valence-corrected chi connectivity index (χ2v) is 9.13. The van der Waals surface area contributed by atoms with Crippen LogP contribution in [0.2, 0.25) is 0 Å². The van der Waals surface area contributed by atoms with E-state index in [4.69, 9.17) is 4.42 Å². The summed E-state index contributed by atoms with van der Waals surface area (Å²) in [7, 11) is 0. The number of anilines is 1. The fourth-order valence-electron chi connectivity index (χ4n) is 5.68. The monoisotopic (exact) mass is 404 g/mol. The van der Waals surface area contributed by atoms with E-state index in [9.17, 15) is 4.79 Å². The highest BCUT2D eigenvalue weighted by Gasteiger charge is 2.32. The maximum absolute atomic E-state index is 13.2. The van der Waals surface area contributed by atoms with Gasteiger partial charge in [0.15, 0.2) is 0 Å². The third-order valence-corrected chi connectivity index (χ3v) is 7.22. The van der Waals surface area contributed by atoms with Crippen molar-refractivity contribution in [2.24, 2.45) is 5.92 Å². The summed E-state index contributed by atoms with van der Waals surface area (Å²) in [5.74, 6) is 0.838. The van der Waals surface area contributed by atoms with Crippen LogP contribution in [0.4, 0.5) is 5.69 Å². The molecule has 5 rings (SSSR count). The van der Waals surface area contributed by atoms with Gasteiger partial charge in [-0.2, -0.15) is 0 Å². The lowest BCUT2D eigenvalue weighted by Gasteiger charge is -2.44. The molecular weight excluding hydrogens is 372 g/mol. The molecule has 1 N–H and O–H groups in total. The van der Waals surface area contributed by atoms with Gasteiger partial charge in [0.25, 0.3) is 0 Å². The minimum atomic E-state index is 0.0585. The summed E-state index contributed by atoms with van der Waals surface area (Å²) in [6.45, 7) is 5.51. The van der Waals surface area contributed by atoms with Crippen LogP contribution >= 0.6 is 0 Å². The summed E-state index contributed by atoms with van der Waals surface area (Å²) in [6.07, 6.45) is 9.31. The third-order valence-electron chi connectivity index (χ3n) is 7.22. The fourth-order valence-corrected chi connectivity index (χ4v) is 5.68. The van der Waals surface area contributed by atoms with Gasteiger partial charge < -0.3 is 14.6 Å². The molecule has 1 aromatic heterocycles. The number of rotatable bonds is 5. The van der Waals surface area contributed by atoms with Crippen molar-refractivity contribution in [1.82, 2.24) is 4.90 Å². The zero-order valence-corrected chi connectivity index (χ0v) is 18.0. The predicted octanol–water partition coefficient (Wildman–Crippen LogP) is 5.71. The molecule has 0 spiro atoms. The Morgan fingerprint density at radius 3 is 2.87 bits per heavy atom. The summed E-state index contributed by atoms with van der Waals surface area (Å²) < 4.78 is 6.11. The Morgan fingerprint density at radius 2 is 1.93 bits per heavy atom. The normalized spacial score (nSPS) is 22.3. The topological polar surface area (TPSA) is 45.5 Å². The van der Waals surface area contributed by atoms with E-state index in [1.54, 1.807) is 0 Å². The smallest absolute Gasteiger partial charge is 0.202 e. The van der Waals surface area contributed by atoms with Crippen molar-refractivity contribution in [3.05, 3.63) is 52.2 Å². The Morgan fingerprint density at radius 1 is 1.07 bits per heavy atom. The quantitative estimate of drug-likeness (QED) is 0.437. The minimum absolute atomic E-state index is 0.0585. The number of para-hydroxylation sites is 1. The number of hydrogen-bond acceptors (Lipinski definition) is 4. The summed E-state index contributed by atoms with van der Waals surface area (Å²) in [5, 5.41) is 4.89. The number of hydrogen-bond donors (Lipinski definition) is 1. The zero-order chi connectivity index (χ0) is 20.5. The van der Waals surface area contributed by atoms with E-state index in [0.29, 0.717) is 21.9 Å². The molecule has 2 saturated heterocycles. The van der Waals surface area contributed by atoms with E-state index in [-0.39, 0.29) is 5.43 Å². The molecule has 4 heteroatoms. The Bertz CT molecular complexity index is 1100. The molecule has 0 unspecified atom stereocenters. The van der Waals surface area contributed by atoms with Gasteiger partial charge in [0, 0.05) is 18.3 Å². The SMILES string of the molecule is Cc1ccc(NCCC[C@@H]2CCCN3CCCC[C@H]23)c2c(=O)c3ccccc3oc12. The van der Waals surface area contributed by atoms with Crippen LogP contribution in [-0.4, -0.2) is 30.6 Å². The Hall–Kier alpha value is -2.33. The number of nitrogens with one attached hydrogen (secondary N) is 1. The van der Waals surface area contributed by atoms with Gasteiger partial charge in [-0.05, 0) is 88.2 Å².